The molecule has 9 atom stereocenters. The van der Waals surface area contributed by atoms with E-state index in [9.17, 15) is 20.4 Å². The number of aliphatic hydroxyl groups is 4. The van der Waals surface area contributed by atoms with E-state index in [-0.39, 0.29) is 35.1 Å². The lowest BCUT2D eigenvalue weighted by atomic mass is 9.58. The molecule has 8 heteroatoms. The fourth-order valence-electron chi connectivity index (χ4n) is 7.51. The number of ether oxygens (including phenoxy) is 1. The monoisotopic (exact) mass is 460 g/mol. The van der Waals surface area contributed by atoms with E-state index in [4.69, 9.17) is 9.26 Å². The van der Waals surface area contributed by atoms with Crippen LogP contribution in [0.5, 0.6) is 6.01 Å². The number of hydrogen-bond acceptors (Lipinski definition) is 8. The van der Waals surface area contributed by atoms with E-state index in [1.54, 1.807) is 0 Å². The Morgan fingerprint density at radius 3 is 2.58 bits per heavy atom. The number of aliphatic hydroxyl groups excluding tert-OH is 3. The molecule has 2 bridgehead atoms. The van der Waals surface area contributed by atoms with Crippen LogP contribution in [0.25, 0.3) is 0 Å². The summed E-state index contributed by atoms with van der Waals surface area (Å²) in [6.07, 6.45) is 1.13. The van der Waals surface area contributed by atoms with Gasteiger partial charge in [-0.15, -0.1) is 0 Å². The van der Waals surface area contributed by atoms with Crippen molar-refractivity contribution in [3.63, 3.8) is 0 Å². The van der Waals surface area contributed by atoms with Crippen molar-refractivity contribution in [2.45, 2.75) is 77.8 Å². The zero-order valence-electron chi connectivity index (χ0n) is 20.2. The molecule has 0 aliphatic heterocycles. The molecule has 4 aliphatic rings. The summed E-state index contributed by atoms with van der Waals surface area (Å²) in [4.78, 5) is 4.29. The highest BCUT2D eigenvalue weighted by molar-refractivity contribution is 5.43. The summed E-state index contributed by atoms with van der Waals surface area (Å²) in [7, 11) is 0. The van der Waals surface area contributed by atoms with E-state index < -0.39 is 35.9 Å². The molecule has 4 aliphatic carbocycles. The first-order valence-corrected chi connectivity index (χ1v) is 12.0. The van der Waals surface area contributed by atoms with Gasteiger partial charge in [0.1, 0.15) is 11.7 Å². The molecule has 1 unspecified atom stereocenters. The number of rotatable bonds is 4. The van der Waals surface area contributed by atoms with E-state index in [2.05, 4.69) is 24.0 Å². The maximum Gasteiger partial charge on any atom is 0.354 e. The second-order valence-corrected chi connectivity index (χ2v) is 11.6. The van der Waals surface area contributed by atoms with Crippen LogP contribution in [-0.2, 0) is 0 Å². The molecule has 5 rings (SSSR count). The van der Waals surface area contributed by atoms with Crippen LogP contribution in [-0.4, -0.2) is 61.1 Å². The predicted octanol–water partition coefficient (Wildman–Crippen LogP) is 2.20. The maximum atomic E-state index is 12.4. The largest absolute Gasteiger partial charge is 0.450 e. The molecule has 1 aromatic rings. The Balaban J connectivity index is 1.64. The molecule has 8 nitrogen and oxygen atoms in total. The van der Waals surface area contributed by atoms with E-state index in [1.807, 2.05) is 39.8 Å². The molecular formula is C25H36N2O6. The van der Waals surface area contributed by atoms with Gasteiger partial charge in [0.05, 0.1) is 18.1 Å². The van der Waals surface area contributed by atoms with E-state index in [0.717, 1.165) is 6.42 Å². The van der Waals surface area contributed by atoms with Gasteiger partial charge in [0.25, 0.3) is 0 Å². The second-order valence-electron chi connectivity index (χ2n) is 11.6. The molecule has 1 heterocycles. The van der Waals surface area contributed by atoms with Crippen molar-refractivity contribution in [2.75, 3.05) is 6.61 Å². The molecule has 0 aromatic carbocycles. The fraction of sp³-hybridized carbons (Fsp3) is 0.760. The van der Waals surface area contributed by atoms with Crippen LogP contribution >= 0.6 is 0 Å². The lowest BCUT2D eigenvalue weighted by Crippen LogP contribution is -2.67. The SMILES string of the molecule is CC1=C[C@]23C(O)[C@@H](C=C(CO)[C@@H](O)[C@]2(O)[C@H]1Oc1noc(C(C)C)n1)[C@H]1[C@@H](C[C@H]3C)C1(C)C. The maximum absolute atomic E-state index is 12.4. The van der Waals surface area contributed by atoms with Crippen LogP contribution in [0.15, 0.2) is 27.8 Å². The highest BCUT2D eigenvalue weighted by Crippen LogP contribution is 2.72. The number of aromatic nitrogens is 2. The molecule has 2 saturated carbocycles. The molecule has 0 radical (unpaired) electrons. The molecular weight excluding hydrogens is 424 g/mol. The Hall–Kier alpha value is -1.74. The van der Waals surface area contributed by atoms with Crippen LogP contribution < -0.4 is 4.74 Å². The topological polar surface area (TPSA) is 129 Å². The summed E-state index contributed by atoms with van der Waals surface area (Å²) in [6.45, 7) is 11.7. The minimum atomic E-state index is -1.92. The first kappa shape index (κ1) is 23.0. The zero-order chi connectivity index (χ0) is 24.1. The molecule has 2 fully saturated rings. The minimum Gasteiger partial charge on any atom is -0.450 e. The van der Waals surface area contributed by atoms with Gasteiger partial charge in [0.15, 0.2) is 6.10 Å². The minimum absolute atomic E-state index is 0.0106. The molecule has 182 valence electrons. The fourth-order valence-corrected chi connectivity index (χ4v) is 7.51. The van der Waals surface area contributed by atoms with Crippen molar-refractivity contribution in [1.29, 1.82) is 0 Å². The van der Waals surface area contributed by atoms with Crippen molar-refractivity contribution in [3.8, 4) is 6.01 Å². The van der Waals surface area contributed by atoms with Gasteiger partial charge in [-0.25, -0.2) is 0 Å². The van der Waals surface area contributed by atoms with Gasteiger partial charge in [-0.3, -0.25) is 0 Å². The summed E-state index contributed by atoms with van der Waals surface area (Å²) in [6, 6.07) is -0.0239. The first-order valence-electron chi connectivity index (χ1n) is 12.0. The quantitative estimate of drug-likeness (QED) is 0.504. The molecule has 0 saturated heterocycles. The highest BCUT2D eigenvalue weighted by atomic mass is 16.6. The Labute approximate surface area is 194 Å². The highest BCUT2D eigenvalue weighted by Gasteiger charge is 2.76. The van der Waals surface area contributed by atoms with Crippen molar-refractivity contribution in [3.05, 3.63) is 29.2 Å². The second kappa shape index (κ2) is 7.13. The van der Waals surface area contributed by atoms with Crippen LogP contribution in [0.2, 0.25) is 0 Å². The van der Waals surface area contributed by atoms with Gasteiger partial charge in [0.2, 0.25) is 5.89 Å². The molecule has 33 heavy (non-hydrogen) atoms. The third kappa shape index (κ3) is 2.78. The lowest BCUT2D eigenvalue weighted by molar-refractivity contribution is -0.211. The van der Waals surface area contributed by atoms with Crippen LogP contribution in [0.3, 0.4) is 0 Å². The Kier molecular flexibility index (Phi) is 4.98. The molecule has 1 aromatic heterocycles. The van der Waals surface area contributed by atoms with E-state index in [1.165, 1.54) is 0 Å². The smallest absolute Gasteiger partial charge is 0.354 e. The molecule has 4 N–H and O–H groups in total. The zero-order valence-corrected chi connectivity index (χ0v) is 20.2. The Morgan fingerprint density at radius 2 is 1.97 bits per heavy atom. The van der Waals surface area contributed by atoms with Gasteiger partial charge in [-0.05, 0) is 52.8 Å². The van der Waals surface area contributed by atoms with Gasteiger partial charge < -0.3 is 29.7 Å². The number of nitrogens with zero attached hydrogens (tertiary/aromatic N) is 2. The average Bonchev–Trinajstić information content (AvgIpc) is 3.07. The summed E-state index contributed by atoms with van der Waals surface area (Å²) >= 11 is 0. The molecule has 0 amide bonds. The standard InChI is InChI=1S/C25H36N2O6/c1-11(2)21-26-22(27-33-21)32-20-12(3)9-24-13(4)7-16-17(23(16,5)6)15(19(24)30)8-14(10-28)18(29)25(20,24)31/h8-9,11,13,15-20,28-31H,7,10H2,1-6H3/t13-,15+,16-,17+,18-,19?,20+,24+,25+/m1/s1. The number of hydrogen-bond donors (Lipinski definition) is 4. The number of fused-ring (bicyclic) bond motifs is 3. The van der Waals surface area contributed by atoms with Gasteiger partial charge in [0, 0.05) is 11.8 Å². The van der Waals surface area contributed by atoms with Crippen LogP contribution in [0.1, 0.15) is 59.8 Å². The van der Waals surface area contributed by atoms with Crippen molar-refractivity contribution in [2.24, 2.45) is 34.5 Å². The van der Waals surface area contributed by atoms with Crippen molar-refractivity contribution >= 4 is 0 Å². The van der Waals surface area contributed by atoms with Gasteiger partial charge in [-0.2, -0.15) is 4.98 Å². The lowest BCUT2D eigenvalue weighted by Gasteiger charge is -2.52. The normalized spacial score (nSPS) is 45.5. The van der Waals surface area contributed by atoms with Crippen LogP contribution in [0.4, 0.5) is 0 Å². The summed E-state index contributed by atoms with van der Waals surface area (Å²) in [5, 5.41) is 50.0. The first-order chi connectivity index (χ1) is 15.4. The molecule has 1 spiro atoms. The Bertz CT molecular complexity index is 1010. The average molecular weight is 461 g/mol. The third-order valence-corrected chi connectivity index (χ3v) is 9.30. The van der Waals surface area contributed by atoms with Crippen LogP contribution in [0, 0.1) is 34.5 Å². The predicted molar refractivity (Wildman–Crippen MR) is 119 cm³/mol. The van der Waals surface area contributed by atoms with Crippen molar-refractivity contribution in [1.82, 2.24) is 10.1 Å². The Morgan fingerprint density at radius 1 is 1.27 bits per heavy atom. The van der Waals surface area contributed by atoms with Gasteiger partial charge in [-0.1, -0.05) is 46.8 Å². The van der Waals surface area contributed by atoms with Gasteiger partial charge >= 0.3 is 6.01 Å². The summed E-state index contributed by atoms with van der Waals surface area (Å²) in [5.41, 5.74) is -2.03. The van der Waals surface area contributed by atoms with Crippen molar-refractivity contribution < 1.29 is 29.7 Å². The van der Waals surface area contributed by atoms with E-state index >= 15 is 0 Å². The third-order valence-electron chi connectivity index (χ3n) is 9.30. The summed E-state index contributed by atoms with van der Waals surface area (Å²) < 4.78 is 11.4. The summed E-state index contributed by atoms with van der Waals surface area (Å²) in [5.74, 6) is 0.594. The van der Waals surface area contributed by atoms with E-state index in [0.29, 0.717) is 23.0 Å².